The highest BCUT2D eigenvalue weighted by atomic mass is 16.2. The number of rotatable bonds is 5. The van der Waals surface area contributed by atoms with Crippen LogP contribution in [0.3, 0.4) is 0 Å². The molecule has 2 aromatic carbocycles. The zero-order valence-corrected chi connectivity index (χ0v) is 16.2. The van der Waals surface area contributed by atoms with Crippen molar-refractivity contribution in [3.63, 3.8) is 0 Å². The summed E-state index contributed by atoms with van der Waals surface area (Å²) in [7, 11) is 1.83. The highest BCUT2D eigenvalue weighted by Gasteiger charge is 2.18. The fraction of sp³-hybridized carbons (Fsp3) is 0.304. The average molecular weight is 374 g/mol. The van der Waals surface area contributed by atoms with Gasteiger partial charge in [0.25, 0.3) is 5.91 Å². The molecule has 5 heteroatoms. The predicted octanol–water partition coefficient (Wildman–Crippen LogP) is 3.82. The standard InChI is InChI=1S/C23H26N4O/c1-27(16-21-14-22(26-25-21)17-7-3-2-4-8-17)23(28)19-10-5-9-18(13-19)20-11-6-12-24-15-20/h2-5,7-10,13-14,20,24H,6,11-12,15-16H2,1H3,(H,25,26)/t20-/m1/s1. The summed E-state index contributed by atoms with van der Waals surface area (Å²) in [6, 6.07) is 20.1. The van der Waals surface area contributed by atoms with Crippen molar-refractivity contribution in [1.29, 1.82) is 0 Å². The maximum Gasteiger partial charge on any atom is 0.253 e. The Morgan fingerprint density at radius 1 is 1.14 bits per heavy atom. The van der Waals surface area contributed by atoms with Crippen molar-refractivity contribution in [1.82, 2.24) is 20.4 Å². The number of hydrogen-bond donors (Lipinski definition) is 2. The molecular weight excluding hydrogens is 348 g/mol. The summed E-state index contributed by atoms with van der Waals surface area (Å²) in [4.78, 5) is 14.7. The van der Waals surface area contributed by atoms with Crippen LogP contribution in [0.1, 0.15) is 40.4 Å². The third-order valence-corrected chi connectivity index (χ3v) is 5.36. The third kappa shape index (κ3) is 4.15. The molecule has 144 valence electrons. The van der Waals surface area contributed by atoms with E-state index >= 15 is 0 Å². The van der Waals surface area contributed by atoms with E-state index in [0.29, 0.717) is 12.5 Å². The minimum absolute atomic E-state index is 0.0291. The van der Waals surface area contributed by atoms with Crippen molar-refractivity contribution in [2.24, 2.45) is 0 Å². The lowest BCUT2D eigenvalue weighted by Crippen LogP contribution is -2.29. The van der Waals surface area contributed by atoms with Gasteiger partial charge in [0.2, 0.25) is 0 Å². The maximum atomic E-state index is 12.9. The van der Waals surface area contributed by atoms with Crippen molar-refractivity contribution in [2.75, 3.05) is 20.1 Å². The van der Waals surface area contributed by atoms with E-state index in [1.165, 1.54) is 18.4 Å². The van der Waals surface area contributed by atoms with Crippen LogP contribution in [0.4, 0.5) is 0 Å². The zero-order valence-electron chi connectivity index (χ0n) is 16.2. The normalized spacial score (nSPS) is 16.7. The molecule has 2 N–H and O–H groups in total. The van der Waals surface area contributed by atoms with Crippen LogP contribution in [0.2, 0.25) is 0 Å². The topological polar surface area (TPSA) is 61.0 Å². The first-order valence-electron chi connectivity index (χ1n) is 9.86. The van der Waals surface area contributed by atoms with Crippen molar-refractivity contribution in [3.8, 4) is 11.3 Å². The summed E-state index contributed by atoms with van der Waals surface area (Å²) in [5.41, 5.74) is 4.87. The van der Waals surface area contributed by atoms with Crippen LogP contribution in [0.15, 0.2) is 60.7 Å². The second-order valence-corrected chi connectivity index (χ2v) is 7.47. The van der Waals surface area contributed by atoms with Crippen LogP contribution in [0, 0.1) is 0 Å². The molecule has 1 saturated heterocycles. The van der Waals surface area contributed by atoms with Gasteiger partial charge in [0, 0.05) is 24.7 Å². The molecule has 0 spiro atoms. The quantitative estimate of drug-likeness (QED) is 0.714. The predicted molar refractivity (Wildman–Crippen MR) is 111 cm³/mol. The van der Waals surface area contributed by atoms with Crippen LogP contribution in [-0.2, 0) is 6.54 Å². The molecule has 0 saturated carbocycles. The Morgan fingerprint density at radius 3 is 2.79 bits per heavy atom. The number of aromatic nitrogens is 2. The molecule has 3 aromatic rings. The molecule has 1 aromatic heterocycles. The molecular formula is C23H26N4O. The molecule has 1 aliphatic heterocycles. The lowest BCUT2D eigenvalue weighted by molar-refractivity contribution is 0.0783. The Hall–Kier alpha value is -2.92. The van der Waals surface area contributed by atoms with Crippen LogP contribution in [0.5, 0.6) is 0 Å². The second kappa shape index (κ2) is 8.40. The van der Waals surface area contributed by atoms with Gasteiger partial charge in [0.1, 0.15) is 0 Å². The number of nitrogens with one attached hydrogen (secondary N) is 2. The Bertz CT molecular complexity index is 929. The SMILES string of the molecule is CN(Cc1cc(-c2ccccc2)n[nH]1)C(=O)c1cccc([C@@H]2CCCNC2)c1. The van der Waals surface area contributed by atoms with Gasteiger partial charge >= 0.3 is 0 Å². The molecule has 1 aliphatic rings. The average Bonchev–Trinajstić information content (AvgIpc) is 3.23. The number of hydrogen-bond acceptors (Lipinski definition) is 3. The molecule has 0 radical (unpaired) electrons. The summed E-state index contributed by atoms with van der Waals surface area (Å²) in [6.45, 7) is 2.57. The summed E-state index contributed by atoms with van der Waals surface area (Å²) >= 11 is 0. The van der Waals surface area contributed by atoms with Crippen molar-refractivity contribution >= 4 is 5.91 Å². The molecule has 0 bridgehead atoms. The van der Waals surface area contributed by atoms with Gasteiger partial charge < -0.3 is 10.2 Å². The summed E-state index contributed by atoms with van der Waals surface area (Å²) in [5, 5.41) is 10.9. The van der Waals surface area contributed by atoms with Gasteiger partial charge in [-0.1, -0.05) is 42.5 Å². The van der Waals surface area contributed by atoms with E-state index in [1.54, 1.807) is 4.90 Å². The Kier molecular flexibility index (Phi) is 5.53. The second-order valence-electron chi connectivity index (χ2n) is 7.47. The molecule has 28 heavy (non-hydrogen) atoms. The fourth-order valence-electron chi connectivity index (χ4n) is 3.81. The minimum Gasteiger partial charge on any atom is -0.336 e. The molecule has 0 aliphatic carbocycles. The maximum absolute atomic E-state index is 12.9. The van der Waals surface area contributed by atoms with Gasteiger partial charge in [-0.25, -0.2) is 0 Å². The highest BCUT2D eigenvalue weighted by Crippen LogP contribution is 2.24. The number of piperidine rings is 1. The van der Waals surface area contributed by atoms with Crippen molar-refractivity contribution < 1.29 is 4.79 Å². The number of benzene rings is 2. The van der Waals surface area contributed by atoms with E-state index in [0.717, 1.165) is 35.6 Å². The number of aromatic amines is 1. The molecule has 4 rings (SSSR count). The number of amides is 1. The van der Waals surface area contributed by atoms with Crippen LogP contribution >= 0.6 is 0 Å². The van der Waals surface area contributed by atoms with Crippen LogP contribution < -0.4 is 5.32 Å². The summed E-state index contributed by atoms with van der Waals surface area (Å²) in [6.07, 6.45) is 2.36. The van der Waals surface area contributed by atoms with Gasteiger partial charge in [-0.2, -0.15) is 5.10 Å². The van der Waals surface area contributed by atoms with E-state index in [2.05, 4.69) is 27.6 Å². The van der Waals surface area contributed by atoms with Crippen molar-refractivity contribution in [3.05, 3.63) is 77.5 Å². The third-order valence-electron chi connectivity index (χ3n) is 5.36. The molecule has 1 fully saturated rings. The van der Waals surface area contributed by atoms with E-state index < -0.39 is 0 Å². The smallest absolute Gasteiger partial charge is 0.253 e. The van der Waals surface area contributed by atoms with E-state index in [9.17, 15) is 4.79 Å². The van der Waals surface area contributed by atoms with Gasteiger partial charge in [0.15, 0.2) is 0 Å². The Balaban J connectivity index is 1.44. The number of carbonyl (C=O) groups is 1. The van der Waals surface area contributed by atoms with Crippen molar-refractivity contribution in [2.45, 2.75) is 25.3 Å². The summed E-state index contributed by atoms with van der Waals surface area (Å²) in [5.74, 6) is 0.523. The van der Waals surface area contributed by atoms with E-state index in [-0.39, 0.29) is 5.91 Å². The minimum atomic E-state index is 0.0291. The molecule has 2 heterocycles. The van der Waals surface area contributed by atoms with Gasteiger partial charge in [0.05, 0.1) is 17.9 Å². The van der Waals surface area contributed by atoms with Gasteiger partial charge in [-0.15, -0.1) is 0 Å². The molecule has 0 unspecified atom stereocenters. The zero-order chi connectivity index (χ0) is 19.3. The number of carbonyl (C=O) groups excluding carboxylic acids is 1. The largest absolute Gasteiger partial charge is 0.336 e. The molecule has 1 atom stereocenters. The Morgan fingerprint density at radius 2 is 2.00 bits per heavy atom. The van der Waals surface area contributed by atoms with Gasteiger partial charge in [-0.3, -0.25) is 9.89 Å². The van der Waals surface area contributed by atoms with Crippen LogP contribution in [0.25, 0.3) is 11.3 Å². The van der Waals surface area contributed by atoms with E-state index in [1.807, 2.05) is 55.6 Å². The first-order valence-corrected chi connectivity index (χ1v) is 9.86. The molecule has 1 amide bonds. The highest BCUT2D eigenvalue weighted by molar-refractivity contribution is 5.94. The first kappa shape index (κ1) is 18.4. The first-order chi connectivity index (χ1) is 13.7. The lowest BCUT2D eigenvalue weighted by Gasteiger charge is -2.24. The Labute approximate surface area is 165 Å². The van der Waals surface area contributed by atoms with Gasteiger partial charge in [-0.05, 0) is 49.1 Å². The lowest BCUT2D eigenvalue weighted by atomic mass is 9.90. The fourth-order valence-corrected chi connectivity index (χ4v) is 3.81. The number of nitrogens with zero attached hydrogens (tertiary/aromatic N) is 2. The summed E-state index contributed by atoms with van der Waals surface area (Å²) < 4.78 is 0. The number of H-pyrrole nitrogens is 1. The van der Waals surface area contributed by atoms with Crippen LogP contribution in [-0.4, -0.2) is 41.1 Å². The molecule has 5 nitrogen and oxygen atoms in total. The monoisotopic (exact) mass is 374 g/mol. The van der Waals surface area contributed by atoms with E-state index in [4.69, 9.17) is 0 Å².